The summed E-state index contributed by atoms with van der Waals surface area (Å²) in [7, 11) is 0. The number of anilines is 3. The second-order valence-electron chi connectivity index (χ2n) is 6.72. The van der Waals surface area contributed by atoms with Crippen molar-refractivity contribution in [3.8, 4) is 23.4 Å². The number of guanidine groups is 1. The maximum Gasteiger partial charge on any atom is 0.211 e. The van der Waals surface area contributed by atoms with E-state index in [1.807, 2.05) is 50.4 Å². The number of nitrogens with two attached hydrogens (primary N) is 2. The molecule has 30 heavy (non-hydrogen) atoms. The molecule has 0 spiro atoms. The lowest BCUT2D eigenvalue weighted by molar-refractivity contribution is 0.393. The highest BCUT2D eigenvalue weighted by atomic mass is 16.5. The fourth-order valence-corrected chi connectivity index (χ4v) is 3.55. The Hall–Kier alpha value is -4.57. The molecule has 1 unspecified atom stereocenters. The van der Waals surface area contributed by atoms with E-state index in [1.165, 1.54) is 0 Å². The van der Waals surface area contributed by atoms with E-state index in [0.29, 0.717) is 11.4 Å². The van der Waals surface area contributed by atoms with Crippen LogP contribution in [0.4, 0.5) is 17.3 Å². The minimum absolute atomic E-state index is 0.00645. The topological polar surface area (TPSA) is 175 Å². The van der Waals surface area contributed by atoms with Gasteiger partial charge in [-0.2, -0.15) is 10.5 Å². The van der Waals surface area contributed by atoms with Crippen LogP contribution in [0.5, 0.6) is 0 Å². The average molecular weight is 399 g/mol. The highest BCUT2D eigenvalue weighted by Gasteiger charge is 2.29. The van der Waals surface area contributed by atoms with Crippen LogP contribution in [0.1, 0.15) is 34.2 Å². The summed E-state index contributed by atoms with van der Waals surface area (Å²) in [4.78, 5) is 8.80. The third-order valence-corrected chi connectivity index (χ3v) is 4.91. The van der Waals surface area contributed by atoms with Crippen molar-refractivity contribution in [1.82, 2.24) is 15.5 Å². The molecular formula is C20H17N9O. The number of hydrogen-bond donors (Lipinski definition) is 4. The molecule has 1 aliphatic rings. The number of fused-ring (bicyclic) bond motifs is 1. The second kappa shape index (κ2) is 7.11. The van der Waals surface area contributed by atoms with Gasteiger partial charge in [0.15, 0.2) is 6.19 Å². The Morgan fingerprint density at radius 2 is 1.90 bits per heavy atom. The van der Waals surface area contributed by atoms with Crippen molar-refractivity contribution in [3.63, 3.8) is 0 Å². The van der Waals surface area contributed by atoms with Crippen molar-refractivity contribution in [2.75, 3.05) is 16.8 Å². The third-order valence-electron chi connectivity index (χ3n) is 4.91. The summed E-state index contributed by atoms with van der Waals surface area (Å²) in [5.41, 5.74) is 16.4. The van der Waals surface area contributed by atoms with Crippen molar-refractivity contribution >= 4 is 23.3 Å². The van der Waals surface area contributed by atoms with Gasteiger partial charge in [0.25, 0.3) is 0 Å². The first-order valence-corrected chi connectivity index (χ1v) is 8.96. The fourth-order valence-electron chi connectivity index (χ4n) is 3.55. The Bertz CT molecular complexity index is 1240. The van der Waals surface area contributed by atoms with Crippen LogP contribution in [0.2, 0.25) is 0 Å². The number of hydrogen-bond acceptors (Lipinski definition) is 10. The number of aliphatic imine (C=N–C) groups is 1. The van der Waals surface area contributed by atoms with Crippen LogP contribution in [0.25, 0.3) is 11.1 Å². The smallest absolute Gasteiger partial charge is 0.211 e. The van der Waals surface area contributed by atoms with Gasteiger partial charge in [-0.3, -0.25) is 5.32 Å². The van der Waals surface area contributed by atoms with Crippen molar-refractivity contribution in [2.45, 2.75) is 19.9 Å². The maximum absolute atomic E-state index is 9.41. The molecule has 1 aromatic carbocycles. The summed E-state index contributed by atoms with van der Waals surface area (Å²) in [6, 6.07) is 9.07. The molecule has 0 bridgehead atoms. The van der Waals surface area contributed by atoms with Gasteiger partial charge >= 0.3 is 0 Å². The molecular weight excluding hydrogens is 382 g/mol. The summed E-state index contributed by atoms with van der Waals surface area (Å²) in [6.45, 7) is 3.74. The lowest BCUT2D eigenvalue weighted by Gasteiger charge is -2.26. The van der Waals surface area contributed by atoms with E-state index in [1.54, 1.807) is 0 Å². The zero-order valence-electron chi connectivity index (χ0n) is 16.2. The van der Waals surface area contributed by atoms with Crippen LogP contribution in [0.3, 0.4) is 0 Å². The predicted molar refractivity (Wildman–Crippen MR) is 111 cm³/mol. The van der Waals surface area contributed by atoms with Gasteiger partial charge in [0.05, 0.1) is 11.4 Å². The molecule has 1 aliphatic heterocycles. The number of aryl methyl sites for hydroxylation is 2. The highest BCUT2D eigenvalue weighted by Crippen LogP contribution is 2.41. The number of aromatic nitrogens is 2. The van der Waals surface area contributed by atoms with Crippen molar-refractivity contribution < 1.29 is 4.52 Å². The number of nitriles is 2. The van der Waals surface area contributed by atoms with Crippen LogP contribution < -0.4 is 22.1 Å². The van der Waals surface area contributed by atoms with E-state index in [4.69, 9.17) is 21.3 Å². The molecule has 0 saturated heterocycles. The molecule has 0 amide bonds. The molecule has 6 N–H and O–H groups in total. The molecule has 2 aromatic heterocycles. The minimum atomic E-state index is -0.587. The zero-order chi connectivity index (χ0) is 21.4. The molecule has 1 atom stereocenters. The van der Waals surface area contributed by atoms with E-state index in [9.17, 15) is 5.26 Å². The van der Waals surface area contributed by atoms with Gasteiger partial charge in [-0.15, -0.1) is 0 Å². The van der Waals surface area contributed by atoms with E-state index >= 15 is 0 Å². The minimum Gasteiger partial charge on any atom is -0.397 e. The zero-order valence-corrected chi connectivity index (χ0v) is 16.2. The molecule has 0 saturated carbocycles. The van der Waals surface area contributed by atoms with Gasteiger partial charge in [-0.05, 0) is 25.0 Å². The molecule has 148 valence electrons. The number of benzene rings is 1. The summed E-state index contributed by atoms with van der Waals surface area (Å²) in [5.74, 6) is 1.29. The molecule has 3 aromatic rings. The number of nitrogens with zero attached hydrogens (tertiary/aromatic N) is 5. The summed E-state index contributed by atoms with van der Waals surface area (Å²) >= 11 is 0. The molecule has 0 radical (unpaired) electrons. The Balaban J connectivity index is 1.84. The Morgan fingerprint density at radius 3 is 2.50 bits per heavy atom. The van der Waals surface area contributed by atoms with Crippen LogP contribution in [0.15, 0.2) is 33.8 Å². The quantitative estimate of drug-likeness (QED) is 0.372. The van der Waals surface area contributed by atoms with Crippen LogP contribution in [-0.2, 0) is 0 Å². The molecule has 10 nitrogen and oxygen atoms in total. The monoisotopic (exact) mass is 399 g/mol. The van der Waals surface area contributed by atoms with Crippen molar-refractivity contribution in [3.05, 3.63) is 52.4 Å². The first kappa shape index (κ1) is 18.8. The van der Waals surface area contributed by atoms with Gasteiger partial charge in [0.1, 0.15) is 35.1 Å². The van der Waals surface area contributed by atoms with Gasteiger partial charge in [-0.1, -0.05) is 29.4 Å². The van der Waals surface area contributed by atoms with Gasteiger partial charge < -0.3 is 21.3 Å². The Labute approximate surface area is 171 Å². The SMILES string of the molecule is Cc1noc(C)c1-c1ccc(C2N=C(NC#N)Nc3nc(N)c(C#N)c(N)c32)cc1. The number of nitrogens with one attached hydrogen (secondary N) is 2. The first-order valence-electron chi connectivity index (χ1n) is 8.96. The largest absolute Gasteiger partial charge is 0.397 e. The molecule has 3 heterocycles. The normalized spacial score (nSPS) is 14.7. The lowest BCUT2D eigenvalue weighted by Crippen LogP contribution is -2.32. The number of rotatable bonds is 2. The Morgan fingerprint density at radius 1 is 1.17 bits per heavy atom. The van der Waals surface area contributed by atoms with Crippen LogP contribution in [-0.4, -0.2) is 16.1 Å². The van der Waals surface area contributed by atoms with E-state index in [0.717, 1.165) is 28.1 Å². The summed E-state index contributed by atoms with van der Waals surface area (Å²) in [5, 5.41) is 27.8. The molecule has 4 rings (SSSR count). The average Bonchev–Trinajstić information content (AvgIpc) is 3.06. The van der Waals surface area contributed by atoms with Gasteiger partial charge in [0.2, 0.25) is 5.96 Å². The standard InChI is InChI=1S/C20H17N9O/c1-9-14(10(2)30-29-9)11-3-5-12(6-4-11)17-15-16(23)13(7-21)18(24)27-19(15)28-20(26-17)25-8-22/h3-6,17H,1-2H3,(H6,23,24,25,26,27,28). The second-order valence-corrected chi connectivity index (χ2v) is 6.72. The molecule has 0 fully saturated rings. The van der Waals surface area contributed by atoms with E-state index in [2.05, 4.69) is 25.8 Å². The van der Waals surface area contributed by atoms with Crippen LogP contribution in [0, 0.1) is 36.6 Å². The number of nitrogen functional groups attached to an aromatic ring is 2. The van der Waals surface area contributed by atoms with Gasteiger partial charge in [-0.25, -0.2) is 9.98 Å². The van der Waals surface area contributed by atoms with E-state index in [-0.39, 0.29) is 23.0 Å². The first-order chi connectivity index (χ1) is 14.4. The third kappa shape index (κ3) is 2.93. The lowest BCUT2D eigenvalue weighted by atomic mass is 9.93. The summed E-state index contributed by atoms with van der Waals surface area (Å²) < 4.78 is 5.25. The van der Waals surface area contributed by atoms with Crippen molar-refractivity contribution in [1.29, 1.82) is 10.5 Å². The molecule has 0 aliphatic carbocycles. The predicted octanol–water partition coefficient (Wildman–Crippen LogP) is 2.33. The maximum atomic E-state index is 9.41. The van der Waals surface area contributed by atoms with E-state index < -0.39 is 6.04 Å². The number of pyridine rings is 1. The van der Waals surface area contributed by atoms with Gasteiger partial charge in [0, 0.05) is 11.1 Å². The van der Waals surface area contributed by atoms with Crippen LogP contribution >= 0.6 is 0 Å². The summed E-state index contributed by atoms with van der Waals surface area (Å²) in [6.07, 6.45) is 1.83. The molecule has 10 heteroatoms. The fraction of sp³-hybridized carbons (Fsp3) is 0.150. The van der Waals surface area contributed by atoms with Crippen molar-refractivity contribution in [2.24, 2.45) is 4.99 Å². The highest BCUT2D eigenvalue weighted by molar-refractivity contribution is 5.98. The Kier molecular flexibility index (Phi) is 4.45.